The molecule has 3 nitrogen and oxygen atoms in total. The van der Waals surface area contributed by atoms with Crippen molar-refractivity contribution in [2.24, 2.45) is 0 Å². The minimum atomic E-state index is -0.814. The van der Waals surface area contributed by atoms with Crippen molar-refractivity contribution in [3.63, 3.8) is 0 Å². The maximum absolute atomic E-state index is 10.6. The molecule has 0 aromatic heterocycles. The molecule has 1 atom stereocenters. The fourth-order valence-corrected chi connectivity index (χ4v) is 1.95. The second kappa shape index (κ2) is 4.66. The summed E-state index contributed by atoms with van der Waals surface area (Å²) < 4.78 is 0.598. The van der Waals surface area contributed by atoms with Crippen LogP contribution >= 0.6 is 15.9 Å². The van der Waals surface area contributed by atoms with Crippen molar-refractivity contribution >= 4 is 21.9 Å². The predicted molar refractivity (Wildman–Crippen MR) is 61.2 cm³/mol. The number of halogens is 1. The Bertz CT molecular complexity index is 388. The second-order valence-corrected chi connectivity index (χ2v) is 4.51. The first-order valence-corrected chi connectivity index (χ1v) is 5.42. The third-order valence-corrected chi connectivity index (χ3v) is 2.98. The number of phenolic OH excluding ortho intramolecular Hbond substituents is 1. The van der Waals surface area contributed by atoms with Crippen LogP contribution in [0.3, 0.4) is 0 Å². The molecule has 0 spiro atoms. The highest BCUT2D eigenvalue weighted by Gasteiger charge is 2.14. The molecule has 15 heavy (non-hydrogen) atoms. The summed E-state index contributed by atoms with van der Waals surface area (Å²) in [7, 11) is 0. The van der Waals surface area contributed by atoms with Crippen LogP contribution in [0.25, 0.3) is 0 Å². The van der Waals surface area contributed by atoms with Gasteiger partial charge in [-0.1, -0.05) is 6.92 Å². The molecule has 0 bridgehead atoms. The highest BCUT2D eigenvalue weighted by molar-refractivity contribution is 9.10. The van der Waals surface area contributed by atoms with E-state index in [1.165, 1.54) is 0 Å². The van der Waals surface area contributed by atoms with E-state index in [1.807, 2.05) is 13.8 Å². The van der Waals surface area contributed by atoms with E-state index in [0.29, 0.717) is 4.47 Å². The molecule has 1 unspecified atom stereocenters. The second-order valence-electron chi connectivity index (χ2n) is 3.66. The molecule has 0 amide bonds. The highest BCUT2D eigenvalue weighted by atomic mass is 79.9. The third-order valence-electron chi connectivity index (χ3n) is 2.35. The van der Waals surface area contributed by atoms with Crippen LogP contribution < -0.4 is 0 Å². The summed E-state index contributed by atoms with van der Waals surface area (Å²) in [5.41, 5.74) is 1.85. The number of hydrogen-bond donors (Lipinski definition) is 2. The molecule has 0 aliphatic heterocycles. The molecule has 4 heteroatoms. The van der Waals surface area contributed by atoms with E-state index < -0.39 is 5.97 Å². The fourth-order valence-electron chi connectivity index (χ4n) is 1.58. The Hall–Kier alpha value is -1.03. The van der Waals surface area contributed by atoms with Gasteiger partial charge >= 0.3 is 5.97 Å². The lowest BCUT2D eigenvalue weighted by Gasteiger charge is -2.13. The number of benzene rings is 1. The van der Waals surface area contributed by atoms with Crippen LogP contribution in [0.15, 0.2) is 16.6 Å². The number of aryl methyl sites for hydroxylation is 1. The summed E-state index contributed by atoms with van der Waals surface area (Å²) in [5.74, 6) is -0.690. The molecular formula is C11H13BrO3. The van der Waals surface area contributed by atoms with Crippen molar-refractivity contribution in [2.45, 2.75) is 26.2 Å². The van der Waals surface area contributed by atoms with Crippen molar-refractivity contribution in [1.82, 2.24) is 0 Å². The van der Waals surface area contributed by atoms with Crippen LogP contribution in [0.4, 0.5) is 0 Å². The van der Waals surface area contributed by atoms with E-state index >= 15 is 0 Å². The molecule has 0 aliphatic rings. The molecule has 1 rings (SSSR count). The molecule has 0 saturated heterocycles. The zero-order chi connectivity index (χ0) is 11.6. The van der Waals surface area contributed by atoms with Gasteiger partial charge in [0.1, 0.15) is 5.75 Å². The molecular weight excluding hydrogens is 260 g/mol. The van der Waals surface area contributed by atoms with E-state index in [2.05, 4.69) is 15.9 Å². The quantitative estimate of drug-likeness (QED) is 0.889. The van der Waals surface area contributed by atoms with Gasteiger partial charge in [-0.2, -0.15) is 0 Å². The SMILES string of the molecule is Cc1cc(O)c(Br)cc1C(C)CC(=O)O. The Balaban J connectivity index is 3.03. The lowest BCUT2D eigenvalue weighted by atomic mass is 9.94. The number of hydrogen-bond acceptors (Lipinski definition) is 2. The Morgan fingerprint density at radius 3 is 2.67 bits per heavy atom. The smallest absolute Gasteiger partial charge is 0.303 e. The van der Waals surface area contributed by atoms with Crippen LogP contribution in [0.2, 0.25) is 0 Å². The first-order valence-electron chi connectivity index (χ1n) is 4.62. The van der Waals surface area contributed by atoms with Gasteiger partial charge in [0.15, 0.2) is 0 Å². The summed E-state index contributed by atoms with van der Waals surface area (Å²) in [6, 6.07) is 3.41. The first-order chi connectivity index (χ1) is 6.91. The molecule has 0 fully saturated rings. The summed E-state index contributed by atoms with van der Waals surface area (Å²) in [6.07, 6.45) is 0.0953. The van der Waals surface area contributed by atoms with Gasteiger partial charge < -0.3 is 10.2 Å². The number of aliphatic carboxylic acids is 1. The Labute approximate surface area is 96.9 Å². The van der Waals surface area contributed by atoms with Crippen molar-refractivity contribution < 1.29 is 15.0 Å². The third kappa shape index (κ3) is 2.96. The zero-order valence-corrected chi connectivity index (χ0v) is 10.2. The number of phenols is 1. The fraction of sp³-hybridized carbons (Fsp3) is 0.364. The molecule has 0 saturated carbocycles. The lowest BCUT2D eigenvalue weighted by Crippen LogP contribution is -2.04. The number of rotatable bonds is 3. The number of carbonyl (C=O) groups is 1. The molecule has 82 valence electrons. The summed E-state index contributed by atoms with van der Waals surface area (Å²) in [5, 5.41) is 18.1. The van der Waals surface area contributed by atoms with Gasteiger partial charge in [-0.25, -0.2) is 0 Å². The van der Waals surface area contributed by atoms with E-state index in [-0.39, 0.29) is 18.1 Å². The summed E-state index contributed by atoms with van der Waals surface area (Å²) >= 11 is 3.22. The largest absolute Gasteiger partial charge is 0.507 e. The monoisotopic (exact) mass is 272 g/mol. The van der Waals surface area contributed by atoms with E-state index in [4.69, 9.17) is 5.11 Å². The standard InChI is InChI=1S/C11H13BrO3/c1-6-3-10(13)9(12)5-8(6)7(2)4-11(14)15/h3,5,7,13H,4H2,1-2H3,(H,14,15). The van der Waals surface area contributed by atoms with Crippen molar-refractivity contribution in [3.8, 4) is 5.75 Å². The minimum absolute atomic E-state index is 0.0561. The van der Waals surface area contributed by atoms with Gasteiger partial charge in [-0.3, -0.25) is 4.79 Å². The van der Waals surface area contributed by atoms with E-state index in [1.54, 1.807) is 12.1 Å². The lowest BCUT2D eigenvalue weighted by molar-refractivity contribution is -0.137. The predicted octanol–water partition coefficient (Wildman–Crippen LogP) is 3.04. The molecule has 0 heterocycles. The molecule has 1 aromatic rings. The molecule has 2 N–H and O–H groups in total. The Morgan fingerprint density at radius 1 is 1.53 bits per heavy atom. The van der Waals surface area contributed by atoms with Gasteiger partial charge in [0.05, 0.1) is 10.9 Å². The van der Waals surface area contributed by atoms with Gasteiger partial charge in [-0.15, -0.1) is 0 Å². The topological polar surface area (TPSA) is 57.5 Å². The highest BCUT2D eigenvalue weighted by Crippen LogP contribution is 2.32. The zero-order valence-electron chi connectivity index (χ0n) is 8.62. The van der Waals surface area contributed by atoms with Gasteiger partial charge in [0, 0.05) is 0 Å². The number of aromatic hydroxyl groups is 1. The normalized spacial score (nSPS) is 12.5. The molecule has 0 radical (unpaired) electrons. The molecule has 0 aliphatic carbocycles. The average Bonchev–Trinajstić information content (AvgIpc) is 2.09. The van der Waals surface area contributed by atoms with Crippen LogP contribution in [0.1, 0.15) is 30.4 Å². The van der Waals surface area contributed by atoms with Gasteiger partial charge in [0.2, 0.25) is 0 Å². The van der Waals surface area contributed by atoms with E-state index in [0.717, 1.165) is 11.1 Å². The van der Waals surface area contributed by atoms with Crippen molar-refractivity contribution in [3.05, 3.63) is 27.7 Å². The van der Waals surface area contributed by atoms with Gasteiger partial charge in [0.25, 0.3) is 0 Å². The maximum atomic E-state index is 10.6. The average molecular weight is 273 g/mol. The maximum Gasteiger partial charge on any atom is 0.303 e. The van der Waals surface area contributed by atoms with Gasteiger partial charge in [-0.05, 0) is 52.0 Å². The van der Waals surface area contributed by atoms with Crippen LogP contribution in [0.5, 0.6) is 5.75 Å². The van der Waals surface area contributed by atoms with Crippen LogP contribution in [-0.4, -0.2) is 16.2 Å². The van der Waals surface area contributed by atoms with Crippen molar-refractivity contribution in [2.75, 3.05) is 0 Å². The van der Waals surface area contributed by atoms with Crippen LogP contribution in [-0.2, 0) is 4.79 Å². The summed E-state index contributed by atoms with van der Waals surface area (Å²) in [4.78, 5) is 10.6. The number of carboxylic acid groups (broad SMARTS) is 1. The molecule has 1 aromatic carbocycles. The van der Waals surface area contributed by atoms with Crippen molar-refractivity contribution in [1.29, 1.82) is 0 Å². The summed E-state index contributed by atoms with van der Waals surface area (Å²) in [6.45, 7) is 3.72. The van der Waals surface area contributed by atoms with E-state index in [9.17, 15) is 9.90 Å². The number of carboxylic acids is 1. The van der Waals surface area contributed by atoms with Crippen LogP contribution in [0, 0.1) is 6.92 Å². The minimum Gasteiger partial charge on any atom is -0.507 e. The Kier molecular flexibility index (Phi) is 3.74. The Morgan fingerprint density at radius 2 is 2.13 bits per heavy atom. The first kappa shape index (κ1) is 12.0.